The van der Waals surface area contributed by atoms with Gasteiger partial charge in [-0.15, -0.1) is 0 Å². The van der Waals surface area contributed by atoms with Crippen LogP contribution in [0.25, 0.3) is 0 Å². The first-order valence-electron chi connectivity index (χ1n) is 9.62. The van der Waals surface area contributed by atoms with E-state index in [4.69, 9.17) is 9.47 Å². The van der Waals surface area contributed by atoms with E-state index in [-0.39, 0.29) is 5.91 Å². The fourth-order valence-corrected chi connectivity index (χ4v) is 2.67. The van der Waals surface area contributed by atoms with E-state index < -0.39 is 5.97 Å². The number of amides is 1. The van der Waals surface area contributed by atoms with E-state index in [0.717, 1.165) is 11.1 Å². The number of hydrogen-bond donors (Lipinski definition) is 1. The van der Waals surface area contributed by atoms with Gasteiger partial charge < -0.3 is 9.47 Å². The van der Waals surface area contributed by atoms with Gasteiger partial charge in [-0.05, 0) is 72.6 Å². The molecule has 1 amide bonds. The Morgan fingerprint density at radius 3 is 2.32 bits per heavy atom. The van der Waals surface area contributed by atoms with Gasteiger partial charge in [0.05, 0.1) is 11.8 Å². The van der Waals surface area contributed by atoms with Gasteiger partial charge in [0.15, 0.2) is 0 Å². The van der Waals surface area contributed by atoms with Gasteiger partial charge in [0.1, 0.15) is 18.1 Å². The number of hydrazone groups is 1. The number of carbonyl (C=O) groups is 2. The number of aryl methyl sites for hydroxylation is 1. The lowest BCUT2D eigenvalue weighted by Gasteiger charge is -2.06. The Morgan fingerprint density at radius 1 is 0.968 bits per heavy atom. The monoisotopic (exact) mass is 414 g/mol. The van der Waals surface area contributed by atoms with Crippen molar-refractivity contribution in [1.82, 2.24) is 5.43 Å². The number of rotatable bonds is 8. The summed E-state index contributed by atoms with van der Waals surface area (Å²) in [5, 5.41) is 3.96. The molecule has 0 aliphatic heterocycles. The van der Waals surface area contributed by atoms with Gasteiger partial charge in [-0.1, -0.05) is 30.9 Å². The normalized spacial score (nSPS) is 10.5. The summed E-state index contributed by atoms with van der Waals surface area (Å²) in [6.07, 6.45) is 3.16. The van der Waals surface area contributed by atoms with Crippen LogP contribution in [0.4, 0.5) is 0 Å². The maximum atomic E-state index is 12.3. The number of ether oxygens (including phenoxy) is 2. The summed E-state index contributed by atoms with van der Waals surface area (Å²) >= 11 is 0. The summed E-state index contributed by atoms with van der Waals surface area (Å²) in [5.74, 6) is 0.333. The van der Waals surface area contributed by atoms with Gasteiger partial charge in [0, 0.05) is 5.56 Å². The lowest BCUT2D eigenvalue weighted by molar-refractivity contribution is 0.0733. The standard InChI is InChI=1S/C25H22N2O4/c1-3-16-30-21-14-10-20(11-15-21)24(28)27-26-17-19-8-12-22(13-9-19)31-25(29)23-7-5-4-6-18(23)2/h3-15,17H,1,16H2,2H3,(H,27,28)/b26-17+. The van der Waals surface area contributed by atoms with Crippen LogP contribution in [-0.2, 0) is 0 Å². The zero-order chi connectivity index (χ0) is 22.1. The third-order valence-electron chi connectivity index (χ3n) is 4.32. The molecule has 0 heterocycles. The predicted molar refractivity (Wildman–Crippen MR) is 120 cm³/mol. The van der Waals surface area contributed by atoms with Crippen molar-refractivity contribution in [2.75, 3.05) is 6.61 Å². The van der Waals surface area contributed by atoms with Crippen molar-refractivity contribution in [3.8, 4) is 11.5 Å². The second-order valence-electron chi connectivity index (χ2n) is 6.60. The molecular formula is C25H22N2O4. The Morgan fingerprint density at radius 2 is 1.65 bits per heavy atom. The Balaban J connectivity index is 1.53. The van der Waals surface area contributed by atoms with E-state index in [1.165, 1.54) is 6.21 Å². The van der Waals surface area contributed by atoms with Crippen LogP contribution in [0.2, 0.25) is 0 Å². The summed E-state index contributed by atoms with van der Waals surface area (Å²) in [6, 6.07) is 20.8. The number of benzene rings is 3. The number of esters is 1. The van der Waals surface area contributed by atoms with Gasteiger partial charge in [0.25, 0.3) is 5.91 Å². The van der Waals surface area contributed by atoms with Crippen LogP contribution in [0.15, 0.2) is 90.6 Å². The van der Waals surface area contributed by atoms with E-state index >= 15 is 0 Å². The Labute approximate surface area is 180 Å². The molecule has 0 fully saturated rings. The highest BCUT2D eigenvalue weighted by Gasteiger charge is 2.10. The molecular weight excluding hydrogens is 392 g/mol. The summed E-state index contributed by atoms with van der Waals surface area (Å²) in [5.41, 5.74) is 5.05. The van der Waals surface area contributed by atoms with Crippen molar-refractivity contribution in [3.05, 3.63) is 108 Å². The van der Waals surface area contributed by atoms with Crippen molar-refractivity contribution in [2.45, 2.75) is 6.92 Å². The highest BCUT2D eigenvalue weighted by atomic mass is 16.5. The summed E-state index contributed by atoms with van der Waals surface area (Å²) in [7, 11) is 0. The molecule has 0 aromatic heterocycles. The van der Waals surface area contributed by atoms with Gasteiger partial charge >= 0.3 is 5.97 Å². The van der Waals surface area contributed by atoms with Crippen molar-refractivity contribution < 1.29 is 19.1 Å². The van der Waals surface area contributed by atoms with Crippen LogP contribution < -0.4 is 14.9 Å². The third-order valence-corrected chi connectivity index (χ3v) is 4.32. The maximum Gasteiger partial charge on any atom is 0.343 e. The molecule has 1 N–H and O–H groups in total. The van der Waals surface area contributed by atoms with E-state index in [9.17, 15) is 9.59 Å². The SMILES string of the molecule is C=CCOc1ccc(C(=O)N/N=C/c2ccc(OC(=O)c3ccccc3C)cc2)cc1. The summed E-state index contributed by atoms with van der Waals surface area (Å²) in [4.78, 5) is 24.4. The van der Waals surface area contributed by atoms with E-state index in [1.807, 2.05) is 19.1 Å². The van der Waals surface area contributed by atoms with Gasteiger partial charge in [-0.3, -0.25) is 4.79 Å². The fraction of sp³-hybridized carbons (Fsp3) is 0.0800. The van der Waals surface area contributed by atoms with Crippen molar-refractivity contribution in [1.29, 1.82) is 0 Å². The lowest BCUT2D eigenvalue weighted by Crippen LogP contribution is -2.17. The van der Waals surface area contributed by atoms with Crippen LogP contribution in [0, 0.1) is 6.92 Å². The first kappa shape index (κ1) is 21.5. The van der Waals surface area contributed by atoms with Crippen molar-refractivity contribution >= 4 is 18.1 Å². The molecule has 3 aromatic carbocycles. The minimum atomic E-state index is -0.410. The number of nitrogens with one attached hydrogen (secondary N) is 1. The zero-order valence-corrected chi connectivity index (χ0v) is 17.1. The summed E-state index contributed by atoms with van der Waals surface area (Å²) < 4.78 is 10.8. The maximum absolute atomic E-state index is 12.3. The molecule has 6 heteroatoms. The average Bonchev–Trinajstić information content (AvgIpc) is 2.79. The van der Waals surface area contributed by atoms with Crippen LogP contribution in [-0.4, -0.2) is 24.7 Å². The number of hydrogen-bond acceptors (Lipinski definition) is 5. The van der Waals surface area contributed by atoms with Gasteiger partial charge in [-0.25, -0.2) is 10.2 Å². The van der Waals surface area contributed by atoms with Crippen LogP contribution in [0.1, 0.15) is 31.8 Å². The molecule has 0 atom stereocenters. The van der Waals surface area contributed by atoms with E-state index in [2.05, 4.69) is 17.1 Å². The highest BCUT2D eigenvalue weighted by molar-refractivity contribution is 5.95. The summed E-state index contributed by atoms with van der Waals surface area (Å²) in [6.45, 7) is 5.85. The van der Waals surface area contributed by atoms with Crippen LogP contribution in [0.3, 0.4) is 0 Å². The highest BCUT2D eigenvalue weighted by Crippen LogP contribution is 2.16. The number of carbonyl (C=O) groups excluding carboxylic acids is 2. The molecule has 31 heavy (non-hydrogen) atoms. The Kier molecular flexibility index (Phi) is 7.32. The average molecular weight is 414 g/mol. The number of nitrogens with zero attached hydrogens (tertiary/aromatic N) is 1. The topological polar surface area (TPSA) is 77.0 Å². The Hall–Kier alpha value is -4.19. The van der Waals surface area contributed by atoms with Gasteiger partial charge in [-0.2, -0.15) is 5.10 Å². The molecule has 0 spiro atoms. The molecule has 156 valence electrons. The molecule has 3 aromatic rings. The Bertz CT molecular complexity index is 1090. The first-order chi connectivity index (χ1) is 15.1. The minimum absolute atomic E-state index is 0.338. The second-order valence-corrected chi connectivity index (χ2v) is 6.60. The van der Waals surface area contributed by atoms with Crippen molar-refractivity contribution in [2.24, 2.45) is 5.10 Å². The lowest BCUT2D eigenvalue weighted by atomic mass is 10.1. The van der Waals surface area contributed by atoms with E-state index in [1.54, 1.807) is 66.7 Å². The van der Waals surface area contributed by atoms with Crippen molar-refractivity contribution in [3.63, 3.8) is 0 Å². The molecule has 0 aliphatic carbocycles. The predicted octanol–water partition coefficient (Wildman–Crippen LogP) is 4.54. The third kappa shape index (κ3) is 6.14. The molecule has 0 radical (unpaired) electrons. The smallest absolute Gasteiger partial charge is 0.343 e. The van der Waals surface area contributed by atoms with Crippen LogP contribution in [0.5, 0.6) is 11.5 Å². The fourth-order valence-electron chi connectivity index (χ4n) is 2.67. The quantitative estimate of drug-likeness (QED) is 0.193. The molecule has 6 nitrogen and oxygen atoms in total. The minimum Gasteiger partial charge on any atom is -0.490 e. The first-order valence-corrected chi connectivity index (χ1v) is 9.62. The van der Waals surface area contributed by atoms with Gasteiger partial charge in [0.2, 0.25) is 0 Å². The molecule has 0 saturated heterocycles. The molecule has 0 unspecified atom stereocenters. The molecule has 0 aliphatic rings. The molecule has 0 bridgehead atoms. The second kappa shape index (κ2) is 10.5. The van der Waals surface area contributed by atoms with Crippen LogP contribution >= 0.6 is 0 Å². The van der Waals surface area contributed by atoms with E-state index in [0.29, 0.717) is 29.2 Å². The zero-order valence-electron chi connectivity index (χ0n) is 17.1. The largest absolute Gasteiger partial charge is 0.490 e. The molecule has 0 saturated carbocycles. The molecule has 3 rings (SSSR count).